The molecule has 0 bridgehead atoms. The third-order valence-electron chi connectivity index (χ3n) is 2.94. The van der Waals surface area contributed by atoms with Gasteiger partial charge in [-0.3, -0.25) is 5.32 Å². The standard InChI is InChI=1S/C11H14F2O2.C8H17NO3/c12-9-4-8(5-10(13)6-9)2-1-3-11(15)7-14;1-7(2,3)12-6(10)9-8(4,5)11/h4-6,11,14-15H,1-3,7H2;11H,1-5H3,(H,9,10). The number of carbonyl (C=O) groups is 1. The number of benzene rings is 1. The second-order valence-corrected chi connectivity index (χ2v) is 7.69. The summed E-state index contributed by atoms with van der Waals surface area (Å²) in [5, 5.41) is 29.0. The zero-order chi connectivity index (χ0) is 21.3. The molecule has 27 heavy (non-hydrogen) atoms. The molecule has 0 saturated carbocycles. The van der Waals surface area contributed by atoms with Crippen molar-refractivity contribution in [2.75, 3.05) is 6.61 Å². The van der Waals surface area contributed by atoms with E-state index in [4.69, 9.17) is 14.9 Å². The Morgan fingerprint density at radius 1 is 1.15 bits per heavy atom. The van der Waals surface area contributed by atoms with Gasteiger partial charge in [-0.25, -0.2) is 13.6 Å². The van der Waals surface area contributed by atoms with Crippen LogP contribution in [-0.2, 0) is 11.2 Å². The second-order valence-electron chi connectivity index (χ2n) is 7.69. The minimum absolute atomic E-state index is 0.280. The van der Waals surface area contributed by atoms with Crippen molar-refractivity contribution in [3.63, 3.8) is 0 Å². The van der Waals surface area contributed by atoms with Crippen LogP contribution in [0.4, 0.5) is 13.6 Å². The molecule has 4 N–H and O–H groups in total. The van der Waals surface area contributed by atoms with Crippen molar-refractivity contribution in [3.05, 3.63) is 35.4 Å². The average molecular weight is 391 g/mol. The largest absolute Gasteiger partial charge is 0.444 e. The number of hydrogen-bond acceptors (Lipinski definition) is 5. The number of rotatable bonds is 6. The normalized spacial score (nSPS) is 12.7. The molecule has 0 radical (unpaired) electrons. The van der Waals surface area contributed by atoms with Gasteiger partial charge in [0.25, 0.3) is 0 Å². The van der Waals surface area contributed by atoms with Crippen LogP contribution in [0.5, 0.6) is 0 Å². The lowest BCUT2D eigenvalue weighted by atomic mass is 10.1. The first-order chi connectivity index (χ1) is 12.2. The summed E-state index contributed by atoms with van der Waals surface area (Å²) in [4.78, 5) is 11.0. The molecule has 6 nitrogen and oxygen atoms in total. The highest BCUT2D eigenvalue weighted by atomic mass is 19.1. The molecular formula is C19H31F2NO5. The number of aryl methyl sites for hydroxylation is 1. The summed E-state index contributed by atoms with van der Waals surface area (Å²) in [5.41, 5.74) is -1.20. The summed E-state index contributed by atoms with van der Waals surface area (Å²) in [6.45, 7) is 7.94. The first-order valence-electron chi connectivity index (χ1n) is 8.69. The molecule has 156 valence electrons. The van der Waals surface area contributed by atoms with E-state index in [2.05, 4.69) is 5.32 Å². The lowest BCUT2D eigenvalue weighted by Crippen LogP contribution is -2.45. The molecule has 1 aromatic rings. The highest BCUT2D eigenvalue weighted by Crippen LogP contribution is 2.11. The van der Waals surface area contributed by atoms with E-state index in [9.17, 15) is 18.7 Å². The van der Waals surface area contributed by atoms with Crippen LogP contribution in [0.15, 0.2) is 18.2 Å². The van der Waals surface area contributed by atoms with Gasteiger partial charge in [0, 0.05) is 6.07 Å². The molecule has 1 unspecified atom stereocenters. The van der Waals surface area contributed by atoms with Crippen LogP contribution < -0.4 is 5.32 Å². The molecule has 0 spiro atoms. The van der Waals surface area contributed by atoms with Crippen LogP contribution >= 0.6 is 0 Å². The summed E-state index contributed by atoms with van der Waals surface area (Å²) in [5.74, 6) is -1.18. The Hall–Kier alpha value is -1.77. The maximum absolute atomic E-state index is 12.8. The molecule has 1 amide bonds. The van der Waals surface area contributed by atoms with Crippen molar-refractivity contribution in [1.82, 2.24) is 5.32 Å². The smallest absolute Gasteiger partial charge is 0.409 e. The molecule has 0 saturated heterocycles. The number of aliphatic hydroxyl groups is 3. The van der Waals surface area contributed by atoms with Gasteiger partial charge in [-0.15, -0.1) is 0 Å². The predicted octanol–water partition coefficient (Wildman–Crippen LogP) is 2.88. The lowest BCUT2D eigenvalue weighted by Gasteiger charge is -2.24. The van der Waals surface area contributed by atoms with E-state index < -0.39 is 35.2 Å². The number of nitrogens with one attached hydrogen (secondary N) is 1. The molecule has 1 atom stereocenters. The number of alkyl carbamates (subject to hydrolysis) is 1. The van der Waals surface area contributed by atoms with E-state index in [-0.39, 0.29) is 6.61 Å². The van der Waals surface area contributed by atoms with Crippen molar-refractivity contribution >= 4 is 6.09 Å². The topological polar surface area (TPSA) is 99.0 Å². The van der Waals surface area contributed by atoms with Gasteiger partial charge < -0.3 is 20.1 Å². The van der Waals surface area contributed by atoms with Gasteiger partial charge in [0.15, 0.2) is 0 Å². The summed E-state index contributed by atoms with van der Waals surface area (Å²) in [6, 6.07) is 3.37. The van der Waals surface area contributed by atoms with Crippen LogP contribution in [-0.4, -0.2) is 45.4 Å². The first-order valence-corrected chi connectivity index (χ1v) is 8.69. The molecule has 0 aliphatic rings. The Morgan fingerprint density at radius 2 is 1.67 bits per heavy atom. The van der Waals surface area contributed by atoms with E-state index in [1.807, 2.05) is 0 Å². The van der Waals surface area contributed by atoms with Gasteiger partial charge >= 0.3 is 6.09 Å². The van der Waals surface area contributed by atoms with Crippen molar-refractivity contribution in [2.45, 2.75) is 71.3 Å². The number of amides is 1. The number of carbonyl (C=O) groups excluding carboxylic acids is 1. The molecule has 0 aliphatic heterocycles. The molecule has 1 aromatic carbocycles. The Bertz CT molecular complexity index is 544. The molecule has 8 heteroatoms. The van der Waals surface area contributed by atoms with Crippen LogP contribution in [0.2, 0.25) is 0 Å². The number of halogens is 2. The molecule has 0 fully saturated rings. The zero-order valence-corrected chi connectivity index (χ0v) is 16.6. The van der Waals surface area contributed by atoms with Gasteiger partial charge in [-0.05, 0) is 71.6 Å². The first kappa shape index (κ1) is 25.2. The number of hydrogen-bond donors (Lipinski definition) is 4. The maximum Gasteiger partial charge on any atom is 0.409 e. The zero-order valence-electron chi connectivity index (χ0n) is 16.6. The number of ether oxygens (including phenoxy) is 1. The second kappa shape index (κ2) is 11.2. The molecule has 0 aromatic heterocycles. The SMILES string of the molecule is CC(C)(O)NC(=O)OC(C)(C)C.OCC(O)CCCc1cc(F)cc(F)c1. The van der Waals surface area contributed by atoms with Crippen molar-refractivity contribution < 1.29 is 33.6 Å². The fourth-order valence-electron chi connectivity index (χ4n) is 1.94. The predicted molar refractivity (Wildman–Crippen MR) is 98.1 cm³/mol. The fraction of sp³-hybridized carbons (Fsp3) is 0.632. The Kier molecular flexibility index (Phi) is 10.4. The van der Waals surface area contributed by atoms with Crippen LogP contribution in [0.1, 0.15) is 53.0 Å². The van der Waals surface area contributed by atoms with Crippen molar-refractivity contribution in [2.24, 2.45) is 0 Å². The number of aliphatic hydroxyl groups excluding tert-OH is 2. The van der Waals surface area contributed by atoms with Crippen LogP contribution in [0, 0.1) is 11.6 Å². The lowest BCUT2D eigenvalue weighted by molar-refractivity contribution is 0.00773. The molecule has 0 heterocycles. The van der Waals surface area contributed by atoms with Gasteiger partial charge in [-0.2, -0.15) is 0 Å². The van der Waals surface area contributed by atoms with E-state index in [1.54, 1.807) is 20.8 Å². The monoisotopic (exact) mass is 391 g/mol. The van der Waals surface area contributed by atoms with E-state index >= 15 is 0 Å². The van der Waals surface area contributed by atoms with Gasteiger partial charge in [0.1, 0.15) is 23.0 Å². The highest BCUT2D eigenvalue weighted by molar-refractivity contribution is 5.68. The maximum atomic E-state index is 12.8. The quantitative estimate of drug-likeness (QED) is 0.559. The summed E-state index contributed by atoms with van der Waals surface area (Å²) >= 11 is 0. The molecular weight excluding hydrogens is 360 g/mol. The third kappa shape index (κ3) is 15.0. The van der Waals surface area contributed by atoms with Gasteiger partial charge in [0.2, 0.25) is 0 Å². The Morgan fingerprint density at radius 3 is 2.07 bits per heavy atom. The van der Waals surface area contributed by atoms with Crippen LogP contribution in [0.25, 0.3) is 0 Å². The Labute approximate surface area is 159 Å². The molecule has 1 rings (SSSR count). The third-order valence-corrected chi connectivity index (χ3v) is 2.94. The average Bonchev–Trinajstić information content (AvgIpc) is 2.42. The minimum Gasteiger partial charge on any atom is -0.444 e. The minimum atomic E-state index is -1.23. The van der Waals surface area contributed by atoms with E-state index in [0.29, 0.717) is 24.8 Å². The fourth-order valence-corrected chi connectivity index (χ4v) is 1.94. The van der Waals surface area contributed by atoms with Gasteiger partial charge in [0.05, 0.1) is 12.7 Å². The summed E-state index contributed by atoms with van der Waals surface area (Å²) < 4.78 is 30.4. The van der Waals surface area contributed by atoms with E-state index in [0.717, 1.165) is 6.07 Å². The van der Waals surface area contributed by atoms with Crippen molar-refractivity contribution in [1.29, 1.82) is 0 Å². The van der Waals surface area contributed by atoms with Gasteiger partial charge in [-0.1, -0.05) is 0 Å². The Balaban J connectivity index is 0.000000516. The highest BCUT2D eigenvalue weighted by Gasteiger charge is 2.21. The van der Waals surface area contributed by atoms with Crippen molar-refractivity contribution in [3.8, 4) is 0 Å². The van der Waals surface area contributed by atoms with Crippen LogP contribution in [0.3, 0.4) is 0 Å². The summed E-state index contributed by atoms with van der Waals surface area (Å²) in [7, 11) is 0. The molecule has 0 aliphatic carbocycles. The summed E-state index contributed by atoms with van der Waals surface area (Å²) in [6.07, 6.45) is 0.142. The van der Waals surface area contributed by atoms with E-state index in [1.165, 1.54) is 26.0 Å².